The molecular weight excluding hydrogens is 1100 g/mol. The van der Waals surface area contributed by atoms with Gasteiger partial charge in [0.2, 0.25) is 20.0 Å². The minimum Gasteiger partial charge on any atom is -0.484 e. The number of nitrogens with one attached hydrogen (secondary N) is 6. The van der Waals surface area contributed by atoms with E-state index in [1.807, 2.05) is 38.0 Å². The molecule has 6 N–H and O–H groups in total. The molecule has 2 aliphatic rings. The zero-order valence-corrected chi connectivity index (χ0v) is 47.2. The van der Waals surface area contributed by atoms with Crippen molar-refractivity contribution in [3.63, 3.8) is 0 Å². The lowest BCUT2D eigenvalue weighted by Gasteiger charge is -2.27. The van der Waals surface area contributed by atoms with Gasteiger partial charge in [-0.15, -0.1) is 0 Å². The number of amides is 4. The molecule has 4 aromatic carbocycles. The second-order valence-electron chi connectivity index (χ2n) is 18.7. The summed E-state index contributed by atoms with van der Waals surface area (Å²) in [5, 5.41) is 11.4. The molecule has 0 saturated heterocycles. The van der Waals surface area contributed by atoms with Crippen molar-refractivity contribution < 1.29 is 63.6 Å². The first-order valence-corrected chi connectivity index (χ1v) is 29.2. The number of hydrogen-bond acceptors (Lipinski definition) is 14. The normalized spacial score (nSPS) is 17.0. The summed E-state index contributed by atoms with van der Waals surface area (Å²) in [4.78, 5) is 28.2. The molecule has 0 saturated carbocycles. The molecule has 4 amide bonds. The Morgan fingerprint density at radius 3 is 1.19 bits per heavy atom. The first kappa shape index (κ1) is 62.2. The maximum atomic E-state index is 14.7. The molecular formula is C52H70Cl2F2N8O12S2. The van der Waals surface area contributed by atoms with Gasteiger partial charge in [-0.1, -0.05) is 23.2 Å². The van der Waals surface area contributed by atoms with Gasteiger partial charge in [0.05, 0.1) is 74.7 Å². The summed E-state index contributed by atoms with van der Waals surface area (Å²) >= 11 is 12.3. The van der Waals surface area contributed by atoms with Crippen LogP contribution >= 0.6 is 23.2 Å². The van der Waals surface area contributed by atoms with Crippen molar-refractivity contribution in [2.75, 3.05) is 120 Å². The predicted molar refractivity (Wildman–Crippen MR) is 290 cm³/mol. The van der Waals surface area contributed by atoms with Crippen LogP contribution in [0.25, 0.3) is 0 Å². The largest absolute Gasteiger partial charge is 0.484 e. The SMILES string of the molecule is CN(C)C1Cc2c(F)cc(Cl)cc2[C@@H]1Oc1ccc(S(=O)(=O)NCCOCCOCCNC(=O)NCCCCNC(=O)NCCOCCOCCNS(=O)(=O)c2ccc(O[C@H]3c4cc(Cl)cc(F)c4C[C@@H]3N(C)C)cc2)cc1. The van der Waals surface area contributed by atoms with Crippen LogP contribution in [0.2, 0.25) is 10.0 Å². The number of hydrogen-bond donors (Lipinski definition) is 6. The number of fused-ring (bicyclic) bond motifs is 2. The Balaban J connectivity index is 0.694. The first-order valence-electron chi connectivity index (χ1n) is 25.5. The standard InChI is InChI=1S/C52H70Cl2F2N8O12S2/c1-63(2)47-33-41-43(29-35(53)31-45(41)55)49(47)75-37-7-11-39(12-8-37)77(67,68)61-19-23-73-27-25-71-21-17-59-51(65)57-15-5-6-16-58-52(66)60-18-22-72-26-28-74-24-20-62-78(69,70)40-13-9-38(10-14-40)76-50-44-30-36(54)32-46(56)42(44)34-48(50)64(3)4/h7-14,29-32,47-50,61-62H,5-6,15-28,33-34H2,1-4H3,(H2,57,59,65)(H2,58,60,66)/t47-,48?,49-,50-/m0/s1. The van der Waals surface area contributed by atoms with Crippen LogP contribution < -0.4 is 40.2 Å². The number of likely N-dealkylation sites (N-methyl/N-ethyl adjacent to an activating group) is 2. The van der Waals surface area contributed by atoms with E-state index in [1.54, 1.807) is 36.4 Å². The Morgan fingerprint density at radius 1 is 0.513 bits per heavy atom. The molecule has 0 bridgehead atoms. The second-order valence-corrected chi connectivity index (χ2v) is 23.1. The van der Waals surface area contributed by atoms with Gasteiger partial charge in [-0.3, -0.25) is 0 Å². The average Bonchev–Trinajstić information content (AvgIpc) is 4.13. The molecule has 78 heavy (non-hydrogen) atoms. The molecule has 0 spiro atoms. The van der Waals surface area contributed by atoms with Crippen molar-refractivity contribution >= 4 is 55.3 Å². The minimum absolute atomic E-state index is 0.0363. The highest BCUT2D eigenvalue weighted by atomic mass is 35.5. The highest BCUT2D eigenvalue weighted by molar-refractivity contribution is 7.89. The summed E-state index contributed by atoms with van der Waals surface area (Å²) in [6, 6.07) is 17.0. The lowest BCUT2D eigenvalue weighted by Crippen LogP contribution is -2.39. The number of rotatable bonds is 33. The van der Waals surface area contributed by atoms with Crippen molar-refractivity contribution in [2.45, 2.75) is 59.8 Å². The van der Waals surface area contributed by atoms with Crippen LogP contribution in [0.1, 0.15) is 47.3 Å². The van der Waals surface area contributed by atoms with E-state index in [4.69, 9.17) is 51.6 Å². The average molecular weight is 1170 g/mol. The summed E-state index contributed by atoms with van der Waals surface area (Å²) in [7, 11) is -0.0893. The van der Waals surface area contributed by atoms with Crippen LogP contribution in [0, 0.1) is 11.6 Å². The van der Waals surface area contributed by atoms with Crippen molar-refractivity contribution in [1.82, 2.24) is 40.5 Å². The van der Waals surface area contributed by atoms with Gasteiger partial charge in [0.25, 0.3) is 0 Å². The van der Waals surface area contributed by atoms with Crippen molar-refractivity contribution in [3.05, 3.63) is 117 Å². The Kier molecular flexibility index (Phi) is 24.4. The summed E-state index contributed by atoms with van der Waals surface area (Å²) in [6.07, 6.45) is 1.19. The van der Waals surface area contributed by atoms with Crippen LogP contribution in [0.3, 0.4) is 0 Å². The third kappa shape index (κ3) is 18.8. The second kappa shape index (κ2) is 30.6. The summed E-state index contributed by atoms with van der Waals surface area (Å²) < 4.78 is 120. The number of halogens is 4. The molecule has 430 valence electrons. The van der Waals surface area contributed by atoms with Crippen LogP contribution in [-0.2, 0) is 51.8 Å². The molecule has 6 rings (SSSR count). The minimum atomic E-state index is -3.82. The lowest BCUT2D eigenvalue weighted by atomic mass is 10.1. The molecule has 0 heterocycles. The van der Waals surface area contributed by atoms with E-state index in [0.29, 0.717) is 72.5 Å². The number of carbonyl (C=O) groups excluding carboxylic acids is 2. The number of unbranched alkanes of at least 4 members (excludes halogenated alkanes) is 1. The topological polar surface area (TPSA) is 236 Å². The summed E-state index contributed by atoms with van der Waals surface area (Å²) in [5.41, 5.74) is 2.45. The Hall–Kier alpha value is -4.96. The molecule has 26 heteroatoms. The number of carbonyl (C=O) groups is 2. The van der Waals surface area contributed by atoms with Gasteiger partial charge in [-0.05, 0) is 138 Å². The van der Waals surface area contributed by atoms with E-state index >= 15 is 0 Å². The molecule has 1 unspecified atom stereocenters. The maximum Gasteiger partial charge on any atom is 0.314 e. The van der Waals surface area contributed by atoms with E-state index in [1.165, 1.54) is 36.4 Å². The fourth-order valence-corrected chi connectivity index (χ4v) is 11.1. The fourth-order valence-electron chi connectivity index (χ4n) is 8.67. The van der Waals surface area contributed by atoms with Crippen LogP contribution in [0.4, 0.5) is 18.4 Å². The van der Waals surface area contributed by atoms with Crippen molar-refractivity contribution in [2.24, 2.45) is 0 Å². The van der Waals surface area contributed by atoms with E-state index < -0.39 is 32.3 Å². The number of ether oxygens (including phenoxy) is 6. The molecule has 0 fully saturated rings. The molecule has 0 aliphatic heterocycles. The smallest absolute Gasteiger partial charge is 0.314 e. The van der Waals surface area contributed by atoms with E-state index in [-0.39, 0.29) is 135 Å². The molecule has 0 radical (unpaired) electrons. The van der Waals surface area contributed by atoms with Gasteiger partial charge in [0, 0.05) is 60.4 Å². The van der Waals surface area contributed by atoms with Gasteiger partial charge in [0.15, 0.2) is 0 Å². The summed E-state index contributed by atoms with van der Waals surface area (Å²) in [6.45, 7) is 3.06. The number of sulfonamides is 2. The van der Waals surface area contributed by atoms with E-state index in [9.17, 15) is 35.2 Å². The maximum absolute atomic E-state index is 14.7. The Bertz CT molecular complexity index is 2620. The monoisotopic (exact) mass is 1170 g/mol. The Morgan fingerprint density at radius 2 is 0.846 bits per heavy atom. The quantitative estimate of drug-likeness (QED) is 0.0337. The zero-order chi connectivity index (χ0) is 56.2. The van der Waals surface area contributed by atoms with Crippen molar-refractivity contribution in [1.29, 1.82) is 0 Å². The number of nitrogens with zero attached hydrogens (tertiary/aromatic N) is 2. The molecule has 4 aromatic rings. The van der Waals surface area contributed by atoms with Gasteiger partial charge < -0.3 is 59.5 Å². The zero-order valence-electron chi connectivity index (χ0n) is 44.1. The van der Waals surface area contributed by atoms with E-state index in [2.05, 4.69) is 30.7 Å². The third-order valence-corrected chi connectivity index (χ3v) is 16.1. The van der Waals surface area contributed by atoms with Crippen LogP contribution in [0.5, 0.6) is 11.5 Å². The summed E-state index contributed by atoms with van der Waals surface area (Å²) in [5.74, 6) is 0.107. The first-order chi connectivity index (χ1) is 37.3. The van der Waals surface area contributed by atoms with Crippen molar-refractivity contribution in [3.8, 4) is 11.5 Å². The third-order valence-electron chi connectivity index (χ3n) is 12.7. The predicted octanol–water partition coefficient (Wildman–Crippen LogP) is 5.19. The van der Waals surface area contributed by atoms with Crippen LogP contribution in [-0.4, -0.2) is 171 Å². The molecule has 0 aromatic heterocycles. The lowest BCUT2D eigenvalue weighted by molar-refractivity contribution is 0.0516. The number of urea groups is 2. The Labute approximate surface area is 465 Å². The van der Waals surface area contributed by atoms with Gasteiger partial charge >= 0.3 is 12.1 Å². The fraction of sp³-hybridized carbons (Fsp3) is 0.500. The van der Waals surface area contributed by atoms with E-state index in [0.717, 1.165) is 0 Å². The molecule has 20 nitrogen and oxygen atoms in total. The highest BCUT2D eigenvalue weighted by Crippen LogP contribution is 2.42. The highest BCUT2D eigenvalue weighted by Gasteiger charge is 2.39. The van der Waals surface area contributed by atoms with Crippen LogP contribution in [0.15, 0.2) is 82.6 Å². The number of benzene rings is 4. The van der Waals surface area contributed by atoms with Gasteiger partial charge in [-0.25, -0.2) is 44.6 Å². The van der Waals surface area contributed by atoms with Gasteiger partial charge in [-0.2, -0.15) is 0 Å². The molecule has 2 aliphatic carbocycles. The molecule has 4 atom stereocenters. The van der Waals surface area contributed by atoms with Gasteiger partial charge in [0.1, 0.15) is 35.3 Å².